The molecule has 5 nitrogen and oxygen atoms in total. The molecule has 0 fully saturated rings. The van der Waals surface area contributed by atoms with E-state index in [0.717, 1.165) is 24.1 Å². The molecule has 1 aromatic carbocycles. The average molecular weight is 299 g/mol. The van der Waals surface area contributed by atoms with Gasteiger partial charge in [-0.25, -0.2) is 0 Å². The van der Waals surface area contributed by atoms with Crippen molar-refractivity contribution < 1.29 is 9.90 Å². The van der Waals surface area contributed by atoms with E-state index in [4.69, 9.17) is 0 Å². The number of aliphatic hydroxyl groups is 1. The Hall–Kier alpha value is -2.32. The molecule has 1 aliphatic rings. The summed E-state index contributed by atoms with van der Waals surface area (Å²) in [6.45, 7) is 4.10. The normalized spacial score (nSPS) is 15.0. The van der Waals surface area contributed by atoms with Crippen molar-refractivity contribution in [2.24, 2.45) is 0 Å². The van der Waals surface area contributed by atoms with Gasteiger partial charge >= 0.3 is 0 Å². The molecule has 1 amide bonds. The maximum absolute atomic E-state index is 12.6. The van der Waals surface area contributed by atoms with Gasteiger partial charge in [-0.1, -0.05) is 18.2 Å². The number of carbonyl (C=O) groups excluding carboxylic acids is 1. The zero-order chi connectivity index (χ0) is 16.2. The van der Waals surface area contributed by atoms with Crippen LogP contribution in [0.4, 0.5) is 5.69 Å². The minimum Gasteiger partial charge on any atom is -0.394 e. The summed E-state index contributed by atoms with van der Waals surface area (Å²) in [7, 11) is 0. The van der Waals surface area contributed by atoms with Crippen molar-refractivity contribution in [3.05, 3.63) is 41.6 Å². The van der Waals surface area contributed by atoms with E-state index in [1.54, 1.807) is 18.7 Å². The molecule has 0 unspecified atom stereocenters. The maximum atomic E-state index is 12.6. The second-order valence-corrected chi connectivity index (χ2v) is 6.05. The summed E-state index contributed by atoms with van der Waals surface area (Å²) in [6.07, 6.45) is 3.23. The van der Waals surface area contributed by atoms with Gasteiger partial charge in [0, 0.05) is 18.4 Å². The Labute approximate surface area is 130 Å². The van der Waals surface area contributed by atoms with Crippen LogP contribution in [-0.2, 0) is 11.2 Å². The first kappa shape index (κ1) is 16.1. The fourth-order valence-electron chi connectivity index (χ4n) is 2.34. The van der Waals surface area contributed by atoms with Crippen LogP contribution in [0.3, 0.4) is 0 Å². The number of para-hydroxylation sites is 1. The first-order chi connectivity index (χ1) is 10.5. The van der Waals surface area contributed by atoms with E-state index in [1.807, 2.05) is 30.3 Å². The van der Waals surface area contributed by atoms with Crippen LogP contribution in [0.15, 0.2) is 36.0 Å². The van der Waals surface area contributed by atoms with Crippen molar-refractivity contribution in [1.82, 2.24) is 5.32 Å². The molecule has 116 valence electrons. The number of hydrogen-bond donors (Lipinski definition) is 2. The van der Waals surface area contributed by atoms with Gasteiger partial charge in [0.05, 0.1) is 12.1 Å². The Balaban J connectivity index is 2.24. The summed E-state index contributed by atoms with van der Waals surface area (Å²) in [5.41, 5.74) is 1.46. The van der Waals surface area contributed by atoms with Crippen LogP contribution >= 0.6 is 0 Å². The van der Waals surface area contributed by atoms with Gasteiger partial charge < -0.3 is 15.3 Å². The molecule has 1 heterocycles. The molecule has 0 spiro atoms. The topological polar surface area (TPSA) is 76.4 Å². The van der Waals surface area contributed by atoms with E-state index in [9.17, 15) is 15.2 Å². The standard InChI is InChI=1S/C17H21N3O2/c1-17(2,12-21)19-11-14(10-18)16(22)20-9-5-7-13-6-3-4-8-15(13)20/h3-4,6,8,11,19,21H,5,7,9,12H2,1-2H3/b14-11-. The Morgan fingerprint density at radius 1 is 1.50 bits per heavy atom. The van der Waals surface area contributed by atoms with Crippen molar-refractivity contribution in [1.29, 1.82) is 5.26 Å². The number of rotatable bonds is 4. The van der Waals surface area contributed by atoms with Gasteiger partial charge in [0.1, 0.15) is 11.6 Å². The zero-order valence-corrected chi connectivity index (χ0v) is 13.0. The molecule has 0 saturated heterocycles. The number of amides is 1. The molecule has 2 rings (SSSR count). The van der Waals surface area contributed by atoms with E-state index in [0.29, 0.717) is 6.54 Å². The molecule has 2 N–H and O–H groups in total. The number of nitriles is 1. The number of aliphatic hydroxyl groups excluding tert-OH is 1. The van der Waals surface area contributed by atoms with Crippen molar-refractivity contribution in [2.75, 3.05) is 18.1 Å². The second kappa shape index (κ2) is 6.63. The molecule has 22 heavy (non-hydrogen) atoms. The Morgan fingerprint density at radius 3 is 2.91 bits per heavy atom. The maximum Gasteiger partial charge on any atom is 0.270 e. The number of aryl methyl sites for hydroxylation is 1. The number of fused-ring (bicyclic) bond motifs is 1. The van der Waals surface area contributed by atoms with Crippen molar-refractivity contribution in [3.8, 4) is 6.07 Å². The first-order valence-electron chi connectivity index (χ1n) is 7.37. The fourth-order valence-corrected chi connectivity index (χ4v) is 2.34. The van der Waals surface area contributed by atoms with Crippen LogP contribution in [0.1, 0.15) is 25.8 Å². The number of anilines is 1. The van der Waals surface area contributed by atoms with Gasteiger partial charge in [-0.05, 0) is 38.3 Å². The van der Waals surface area contributed by atoms with E-state index < -0.39 is 5.54 Å². The lowest BCUT2D eigenvalue weighted by Gasteiger charge is -2.29. The summed E-state index contributed by atoms with van der Waals surface area (Å²) in [5.74, 6) is -0.309. The van der Waals surface area contributed by atoms with Gasteiger partial charge in [0.25, 0.3) is 5.91 Å². The van der Waals surface area contributed by atoms with Crippen LogP contribution in [-0.4, -0.2) is 29.7 Å². The largest absolute Gasteiger partial charge is 0.394 e. The van der Waals surface area contributed by atoms with Crippen LogP contribution in [0.25, 0.3) is 0 Å². The summed E-state index contributed by atoms with van der Waals surface area (Å²) in [6, 6.07) is 9.73. The lowest BCUT2D eigenvalue weighted by Crippen LogP contribution is -2.41. The number of hydrogen-bond acceptors (Lipinski definition) is 4. The quantitative estimate of drug-likeness (QED) is 0.656. The van der Waals surface area contributed by atoms with Crippen LogP contribution < -0.4 is 10.2 Å². The minimum absolute atomic E-state index is 0.0400. The third kappa shape index (κ3) is 3.46. The third-order valence-electron chi connectivity index (χ3n) is 3.71. The van der Waals surface area contributed by atoms with Crippen LogP contribution in [0.5, 0.6) is 0 Å². The SMILES string of the molecule is CC(C)(CO)N/C=C(/C#N)C(=O)N1CCCc2ccccc21. The van der Waals surface area contributed by atoms with Crippen molar-refractivity contribution in [3.63, 3.8) is 0 Å². The van der Waals surface area contributed by atoms with Crippen molar-refractivity contribution in [2.45, 2.75) is 32.2 Å². The number of nitrogens with zero attached hydrogens (tertiary/aromatic N) is 2. The number of benzene rings is 1. The highest BCUT2D eigenvalue weighted by Crippen LogP contribution is 2.27. The second-order valence-electron chi connectivity index (χ2n) is 6.05. The molecule has 0 aromatic heterocycles. The molecule has 0 radical (unpaired) electrons. The molecule has 1 aromatic rings. The molecule has 0 aliphatic carbocycles. The molecule has 5 heteroatoms. The molecular weight excluding hydrogens is 278 g/mol. The first-order valence-corrected chi connectivity index (χ1v) is 7.37. The van der Waals surface area contributed by atoms with Gasteiger partial charge in [-0.3, -0.25) is 4.79 Å². The smallest absolute Gasteiger partial charge is 0.270 e. The average Bonchev–Trinajstić information content (AvgIpc) is 2.54. The lowest BCUT2D eigenvalue weighted by molar-refractivity contribution is -0.114. The number of nitrogens with one attached hydrogen (secondary N) is 1. The predicted molar refractivity (Wildman–Crippen MR) is 85.1 cm³/mol. The molecular formula is C17H21N3O2. The zero-order valence-electron chi connectivity index (χ0n) is 13.0. The summed E-state index contributed by atoms with van der Waals surface area (Å²) in [4.78, 5) is 14.3. The van der Waals surface area contributed by atoms with E-state index >= 15 is 0 Å². The highest BCUT2D eigenvalue weighted by molar-refractivity contribution is 6.08. The predicted octanol–water partition coefficient (Wildman–Crippen LogP) is 1.73. The Bertz CT molecular complexity index is 629. The fraction of sp³-hybridized carbons (Fsp3) is 0.412. The van der Waals surface area contributed by atoms with Crippen LogP contribution in [0, 0.1) is 11.3 Å². The van der Waals surface area contributed by atoms with E-state index in [-0.39, 0.29) is 18.1 Å². The Kier molecular flexibility index (Phi) is 4.84. The highest BCUT2D eigenvalue weighted by Gasteiger charge is 2.25. The lowest BCUT2D eigenvalue weighted by atomic mass is 10.0. The van der Waals surface area contributed by atoms with Crippen LogP contribution in [0.2, 0.25) is 0 Å². The summed E-state index contributed by atoms with van der Waals surface area (Å²) < 4.78 is 0. The Morgan fingerprint density at radius 2 is 2.23 bits per heavy atom. The van der Waals surface area contributed by atoms with Gasteiger partial charge in [-0.15, -0.1) is 0 Å². The molecule has 0 saturated carbocycles. The minimum atomic E-state index is -0.581. The van der Waals surface area contributed by atoms with E-state index in [2.05, 4.69) is 5.32 Å². The van der Waals surface area contributed by atoms with Gasteiger partial charge in [0.15, 0.2) is 0 Å². The molecule has 0 bridgehead atoms. The van der Waals surface area contributed by atoms with Gasteiger partial charge in [0.2, 0.25) is 0 Å². The van der Waals surface area contributed by atoms with Crippen molar-refractivity contribution >= 4 is 11.6 Å². The van der Waals surface area contributed by atoms with E-state index in [1.165, 1.54) is 6.20 Å². The number of carbonyl (C=O) groups is 1. The monoisotopic (exact) mass is 299 g/mol. The highest BCUT2D eigenvalue weighted by atomic mass is 16.3. The summed E-state index contributed by atoms with van der Waals surface area (Å²) >= 11 is 0. The van der Waals surface area contributed by atoms with Gasteiger partial charge in [-0.2, -0.15) is 5.26 Å². The molecule has 1 aliphatic heterocycles. The molecule has 0 atom stereocenters. The summed E-state index contributed by atoms with van der Waals surface area (Å²) in [5, 5.41) is 21.4. The third-order valence-corrected chi connectivity index (χ3v) is 3.71.